The van der Waals surface area contributed by atoms with Crippen molar-refractivity contribution < 1.29 is 8.42 Å². The van der Waals surface area contributed by atoms with Crippen LogP contribution in [0.3, 0.4) is 0 Å². The van der Waals surface area contributed by atoms with Crippen LogP contribution in [0.15, 0.2) is 29.1 Å². The first kappa shape index (κ1) is 13.8. The Morgan fingerprint density at radius 3 is 2.79 bits per heavy atom. The number of nitrogens with one attached hydrogen (secondary N) is 3. The second kappa shape index (κ2) is 5.55. The van der Waals surface area contributed by atoms with Crippen molar-refractivity contribution in [1.29, 1.82) is 0 Å². The third-order valence-electron chi connectivity index (χ3n) is 2.80. The van der Waals surface area contributed by atoms with Gasteiger partial charge in [-0.3, -0.25) is 4.57 Å². The predicted octanol–water partition coefficient (Wildman–Crippen LogP) is -0.226. The monoisotopic (exact) mass is 284 g/mol. The van der Waals surface area contributed by atoms with E-state index in [9.17, 15) is 13.2 Å². The van der Waals surface area contributed by atoms with E-state index in [1.165, 1.54) is 7.05 Å². The number of hydrogen-bond donors (Lipinski definition) is 3. The summed E-state index contributed by atoms with van der Waals surface area (Å²) in [5.74, 6) is 0. The van der Waals surface area contributed by atoms with Crippen molar-refractivity contribution in [2.45, 2.75) is 13.0 Å². The number of aromatic nitrogens is 2. The van der Waals surface area contributed by atoms with Crippen LogP contribution in [-0.4, -0.2) is 31.6 Å². The fraction of sp³-hybridized carbons (Fsp3) is 0.364. The number of fused-ring (bicyclic) bond motifs is 1. The van der Waals surface area contributed by atoms with Gasteiger partial charge in [0.05, 0.1) is 11.0 Å². The summed E-state index contributed by atoms with van der Waals surface area (Å²) in [7, 11) is -2.07. The Balaban J connectivity index is 2.03. The SMILES string of the molecule is CNS(=O)(=O)NCCCn1c(=O)[nH]c2ccccc21. The molecule has 2 rings (SSSR count). The molecule has 0 fully saturated rings. The summed E-state index contributed by atoms with van der Waals surface area (Å²) in [6.45, 7) is 0.726. The van der Waals surface area contributed by atoms with Crippen molar-refractivity contribution in [2.24, 2.45) is 0 Å². The molecule has 1 heterocycles. The molecule has 7 nitrogen and oxygen atoms in total. The average Bonchev–Trinajstić information content (AvgIpc) is 2.71. The maximum atomic E-state index is 11.7. The zero-order valence-corrected chi connectivity index (χ0v) is 11.3. The molecule has 0 atom stereocenters. The van der Waals surface area contributed by atoms with E-state index in [0.29, 0.717) is 13.0 Å². The highest BCUT2D eigenvalue weighted by molar-refractivity contribution is 7.87. The van der Waals surface area contributed by atoms with E-state index in [4.69, 9.17) is 0 Å². The summed E-state index contributed by atoms with van der Waals surface area (Å²) in [5.41, 5.74) is 1.42. The molecule has 0 aliphatic carbocycles. The van der Waals surface area contributed by atoms with Gasteiger partial charge >= 0.3 is 5.69 Å². The Hall–Kier alpha value is -1.64. The van der Waals surface area contributed by atoms with Gasteiger partial charge in [0.15, 0.2) is 0 Å². The second-order valence-electron chi connectivity index (χ2n) is 4.05. The van der Waals surface area contributed by atoms with E-state index in [2.05, 4.69) is 14.4 Å². The van der Waals surface area contributed by atoms with E-state index >= 15 is 0 Å². The summed E-state index contributed by atoms with van der Waals surface area (Å²) in [5, 5.41) is 0. The minimum atomic E-state index is -3.41. The molecule has 0 amide bonds. The number of imidazole rings is 1. The smallest absolute Gasteiger partial charge is 0.306 e. The maximum absolute atomic E-state index is 11.7. The van der Waals surface area contributed by atoms with Gasteiger partial charge in [0, 0.05) is 20.1 Å². The van der Waals surface area contributed by atoms with Crippen molar-refractivity contribution in [3.63, 3.8) is 0 Å². The molecule has 0 unspecified atom stereocenters. The number of H-pyrrole nitrogens is 1. The van der Waals surface area contributed by atoms with Crippen molar-refractivity contribution in [2.75, 3.05) is 13.6 Å². The van der Waals surface area contributed by atoms with E-state index in [-0.39, 0.29) is 12.2 Å². The molecule has 0 aliphatic rings. The summed E-state index contributed by atoms with van der Waals surface area (Å²) >= 11 is 0. The highest BCUT2D eigenvalue weighted by atomic mass is 32.2. The Morgan fingerprint density at radius 2 is 2.05 bits per heavy atom. The first-order valence-corrected chi connectivity index (χ1v) is 7.37. The molecule has 8 heteroatoms. The highest BCUT2D eigenvalue weighted by Crippen LogP contribution is 2.08. The zero-order valence-electron chi connectivity index (χ0n) is 10.5. The number of nitrogens with zero attached hydrogens (tertiary/aromatic N) is 1. The standard InChI is InChI=1S/C11H16N4O3S/c1-12-19(17,18)13-7-4-8-15-10-6-3-2-5-9(10)14-11(15)16/h2-3,5-6,12-13H,4,7-8H2,1H3,(H,14,16). The third-order valence-corrected chi connectivity index (χ3v) is 3.92. The molecule has 1 aromatic heterocycles. The Labute approximate surface area is 110 Å². The molecule has 0 aliphatic heterocycles. The Bertz CT molecular complexity index is 717. The second-order valence-corrected chi connectivity index (χ2v) is 5.76. The van der Waals surface area contributed by atoms with Gasteiger partial charge < -0.3 is 4.98 Å². The van der Waals surface area contributed by atoms with Crippen molar-refractivity contribution in [3.8, 4) is 0 Å². The lowest BCUT2D eigenvalue weighted by molar-refractivity contribution is 0.562. The van der Waals surface area contributed by atoms with Crippen LogP contribution in [0, 0.1) is 0 Å². The maximum Gasteiger partial charge on any atom is 0.326 e. The molecule has 0 spiro atoms. The lowest BCUT2D eigenvalue weighted by Gasteiger charge is -2.05. The van der Waals surface area contributed by atoms with Gasteiger partial charge in [-0.2, -0.15) is 8.42 Å². The average molecular weight is 284 g/mol. The van der Waals surface area contributed by atoms with Gasteiger partial charge in [-0.25, -0.2) is 14.2 Å². The fourth-order valence-corrected chi connectivity index (χ4v) is 2.40. The summed E-state index contributed by atoms with van der Waals surface area (Å²) in [4.78, 5) is 14.5. The van der Waals surface area contributed by atoms with E-state index < -0.39 is 10.2 Å². The van der Waals surface area contributed by atoms with Crippen LogP contribution in [0.2, 0.25) is 0 Å². The molecule has 0 saturated carbocycles. The minimum absolute atomic E-state index is 0.183. The van der Waals surface area contributed by atoms with E-state index in [1.807, 2.05) is 24.3 Å². The predicted molar refractivity (Wildman–Crippen MR) is 73.2 cm³/mol. The zero-order chi connectivity index (χ0) is 13.9. The van der Waals surface area contributed by atoms with Gasteiger partial charge in [-0.1, -0.05) is 12.1 Å². The Morgan fingerprint density at radius 1 is 1.32 bits per heavy atom. The topological polar surface area (TPSA) is 96.0 Å². The van der Waals surface area contributed by atoms with Gasteiger partial charge in [0.25, 0.3) is 10.2 Å². The van der Waals surface area contributed by atoms with Crippen LogP contribution in [0.1, 0.15) is 6.42 Å². The number of aromatic amines is 1. The van der Waals surface area contributed by atoms with Crippen LogP contribution >= 0.6 is 0 Å². The van der Waals surface area contributed by atoms with Crippen LogP contribution < -0.4 is 15.1 Å². The highest BCUT2D eigenvalue weighted by Gasteiger charge is 2.07. The number of hydrogen-bond acceptors (Lipinski definition) is 3. The largest absolute Gasteiger partial charge is 0.326 e. The molecule has 0 saturated heterocycles. The first-order valence-electron chi connectivity index (χ1n) is 5.89. The van der Waals surface area contributed by atoms with Crippen LogP contribution in [0.25, 0.3) is 11.0 Å². The minimum Gasteiger partial charge on any atom is -0.306 e. The number of benzene rings is 1. The van der Waals surface area contributed by atoms with Crippen LogP contribution in [0.4, 0.5) is 0 Å². The number of rotatable bonds is 6. The fourth-order valence-electron chi connectivity index (χ4n) is 1.84. The third kappa shape index (κ3) is 3.22. The number of aryl methyl sites for hydroxylation is 1. The van der Waals surface area contributed by atoms with Gasteiger partial charge in [-0.15, -0.1) is 0 Å². The molecule has 3 N–H and O–H groups in total. The number of para-hydroxylation sites is 2. The van der Waals surface area contributed by atoms with Gasteiger partial charge in [0.1, 0.15) is 0 Å². The van der Waals surface area contributed by atoms with Gasteiger partial charge in [-0.05, 0) is 18.6 Å². The quantitative estimate of drug-likeness (QED) is 0.639. The van der Waals surface area contributed by atoms with Crippen molar-refractivity contribution >= 4 is 21.2 Å². The first-order chi connectivity index (χ1) is 9.03. The van der Waals surface area contributed by atoms with Crippen LogP contribution in [0.5, 0.6) is 0 Å². The van der Waals surface area contributed by atoms with Gasteiger partial charge in [0.2, 0.25) is 0 Å². The Kier molecular flexibility index (Phi) is 4.03. The van der Waals surface area contributed by atoms with Crippen LogP contribution in [-0.2, 0) is 16.8 Å². The molecule has 19 heavy (non-hydrogen) atoms. The summed E-state index contributed by atoms with van der Waals surface area (Å²) in [6.07, 6.45) is 0.530. The van der Waals surface area contributed by atoms with Crippen molar-refractivity contribution in [1.82, 2.24) is 19.0 Å². The molecular weight excluding hydrogens is 268 g/mol. The van der Waals surface area contributed by atoms with E-state index in [1.54, 1.807) is 4.57 Å². The van der Waals surface area contributed by atoms with E-state index in [0.717, 1.165) is 11.0 Å². The molecule has 104 valence electrons. The molecule has 0 bridgehead atoms. The summed E-state index contributed by atoms with van der Waals surface area (Å²) < 4.78 is 28.4. The lowest BCUT2D eigenvalue weighted by atomic mass is 10.3. The molecule has 1 aromatic carbocycles. The van der Waals surface area contributed by atoms with Crippen molar-refractivity contribution in [3.05, 3.63) is 34.7 Å². The molecule has 2 aromatic rings. The molecular formula is C11H16N4O3S. The lowest BCUT2D eigenvalue weighted by Crippen LogP contribution is -2.35. The molecule has 0 radical (unpaired) electrons. The normalized spacial score (nSPS) is 12.1. The summed E-state index contributed by atoms with van der Waals surface area (Å²) in [6, 6.07) is 7.39.